The van der Waals surface area contributed by atoms with Gasteiger partial charge in [0.25, 0.3) is 5.92 Å². The van der Waals surface area contributed by atoms with Crippen LogP contribution in [0.1, 0.15) is 31.9 Å². The van der Waals surface area contributed by atoms with Gasteiger partial charge in [0.2, 0.25) is 15.9 Å². The molecule has 2 aromatic rings. The molecule has 0 unspecified atom stereocenters. The van der Waals surface area contributed by atoms with Crippen LogP contribution in [0.3, 0.4) is 0 Å². The van der Waals surface area contributed by atoms with Gasteiger partial charge in [-0.2, -0.15) is 0 Å². The first kappa shape index (κ1) is 24.2. The van der Waals surface area contributed by atoms with Gasteiger partial charge in [-0.3, -0.25) is 9.78 Å². The number of nitrogens with one attached hydrogen (secondary N) is 1. The van der Waals surface area contributed by atoms with Gasteiger partial charge < -0.3 is 4.90 Å². The van der Waals surface area contributed by atoms with Gasteiger partial charge in [-0.15, -0.1) is 0 Å². The van der Waals surface area contributed by atoms with Gasteiger partial charge in [0.1, 0.15) is 17.7 Å². The molecule has 1 aliphatic heterocycles. The number of hydrogen-bond acceptors (Lipinski definition) is 4. The Morgan fingerprint density at radius 3 is 2.37 bits per heavy atom. The van der Waals surface area contributed by atoms with Crippen LogP contribution in [-0.2, 0) is 21.2 Å². The highest BCUT2D eigenvalue weighted by Crippen LogP contribution is 2.65. The Labute approximate surface area is 200 Å². The zero-order chi connectivity index (χ0) is 25.2. The monoisotopic (exact) mass is 511 g/mol. The van der Waals surface area contributed by atoms with Crippen LogP contribution in [0.5, 0.6) is 0 Å². The smallest absolute Gasteiger partial charge is 0.283 e. The third-order valence-corrected chi connectivity index (χ3v) is 8.82. The van der Waals surface area contributed by atoms with Gasteiger partial charge >= 0.3 is 0 Å². The van der Waals surface area contributed by atoms with Gasteiger partial charge in [-0.05, 0) is 56.4 Å². The lowest BCUT2D eigenvalue weighted by atomic mass is 9.44. The van der Waals surface area contributed by atoms with E-state index in [9.17, 15) is 22.0 Å². The van der Waals surface area contributed by atoms with Crippen molar-refractivity contribution in [1.82, 2.24) is 14.6 Å². The highest BCUT2D eigenvalue weighted by atomic mass is 32.2. The van der Waals surface area contributed by atoms with Crippen LogP contribution in [0.4, 0.5) is 17.6 Å². The number of rotatable bonds is 7. The molecule has 3 saturated carbocycles. The minimum atomic E-state index is -4.00. The molecule has 35 heavy (non-hydrogen) atoms. The van der Waals surface area contributed by atoms with E-state index in [1.165, 1.54) is 13.0 Å². The molecule has 2 bridgehead atoms. The van der Waals surface area contributed by atoms with Crippen molar-refractivity contribution in [3.63, 3.8) is 0 Å². The van der Waals surface area contributed by atoms with Gasteiger partial charge in [0.05, 0.1) is 29.4 Å². The lowest BCUT2D eigenvalue weighted by molar-refractivity contribution is -0.178. The summed E-state index contributed by atoms with van der Waals surface area (Å²) in [6.45, 7) is 0.465. The van der Waals surface area contributed by atoms with Crippen LogP contribution in [0, 0.1) is 23.0 Å². The molecule has 1 amide bonds. The molecule has 188 valence electrons. The molecule has 2 heterocycles. The summed E-state index contributed by atoms with van der Waals surface area (Å²) in [6.07, 6.45) is 1.87. The van der Waals surface area contributed by atoms with E-state index in [1.54, 1.807) is 12.1 Å². The lowest BCUT2D eigenvalue weighted by Gasteiger charge is -2.61. The summed E-state index contributed by atoms with van der Waals surface area (Å²) >= 11 is 0. The maximum absolute atomic E-state index is 15.2. The molecule has 3 aliphatic carbocycles. The van der Waals surface area contributed by atoms with Crippen molar-refractivity contribution in [3.05, 3.63) is 53.7 Å². The van der Waals surface area contributed by atoms with Crippen molar-refractivity contribution in [2.45, 2.75) is 50.6 Å². The number of aromatic nitrogens is 1. The number of nitrogens with zero attached hydrogens (tertiary/aromatic N) is 2. The predicted octanol–water partition coefficient (Wildman–Crippen LogP) is 3.52. The van der Waals surface area contributed by atoms with E-state index < -0.39 is 51.6 Å². The molecule has 4 aliphatic rings. The number of alkyl halides is 2. The van der Waals surface area contributed by atoms with Crippen LogP contribution in [-0.4, -0.2) is 54.5 Å². The number of benzene rings is 1. The molecule has 1 N–H and O–H groups in total. The molecule has 1 aromatic carbocycles. The van der Waals surface area contributed by atoms with Gasteiger partial charge in [-0.25, -0.2) is 30.7 Å². The van der Waals surface area contributed by atoms with E-state index >= 15 is 8.78 Å². The summed E-state index contributed by atoms with van der Waals surface area (Å²) in [5.74, 6) is -5.34. The SMILES string of the molecule is CCS(=O)(=O)N[C@@H]1[C@H](Cc2cccc(-c3cc(F)cc(F)c3)n2)N(C(=O)C23CC(C2)C3)CC1(F)F. The first-order chi connectivity index (χ1) is 16.4. The second-order valence-electron chi connectivity index (χ2n) is 9.90. The standard InChI is InChI=1S/C24H25F4N3O3S/c1-2-35(33,34)30-21-20(31(13-24(21,27)28)22(32)23-10-14(11-23)12-23)9-18-4-3-5-19(29-18)15-6-16(25)8-17(26)7-15/h3-8,14,20-21,30H,2,9-13H2,1H3/t14?,20-,21+,23?/m0/s1. The van der Waals surface area contributed by atoms with Crippen LogP contribution in [0.25, 0.3) is 11.3 Å². The van der Waals surface area contributed by atoms with Gasteiger partial charge in [0.15, 0.2) is 0 Å². The molecule has 1 saturated heterocycles. The number of carbonyl (C=O) groups is 1. The molecular formula is C24H25F4N3O3S. The number of carbonyl (C=O) groups excluding carboxylic acids is 1. The van der Waals surface area contributed by atoms with Gasteiger partial charge in [-0.1, -0.05) is 6.07 Å². The van der Waals surface area contributed by atoms with Gasteiger partial charge in [0, 0.05) is 23.7 Å². The zero-order valence-electron chi connectivity index (χ0n) is 19.0. The number of amides is 1. The lowest BCUT2D eigenvalue weighted by Crippen LogP contribution is -2.62. The quantitative estimate of drug-likeness (QED) is 0.577. The highest BCUT2D eigenvalue weighted by molar-refractivity contribution is 7.89. The molecule has 6 rings (SSSR count). The minimum absolute atomic E-state index is 0.149. The Bertz CT molecular complexity index is 1250. The van der Waals surface area contributed by atoms with Crippen molar-refractivity contribution in [3.8, 4) is 11.3 Å². The number of sulfonamides is 1. The molecular weight excluding hydrogens is 486 g/mol. The third kappa shape index (κ3) is 4.33. The minimum Gasteiger partial charge on any atom is -0.331 e. The average Bonchev–Trinajstić information content (AvgIpc) is 2.95. The zero-order valence-corrected chi connectivity index (χ0v) is 19.8. The van der Waals surface area contributed by atoms with E-state index in [0.717, 1.165) is 23.1 Å². The van der Waals surface area contributed by atoms with E-state index in [-0.39, 0.29) is 29.3 Å². The van der Waals surface area contributed by atoms with Crippen molar-refractivity contribution in [2.24, 2.45) is 11.3 Å². The van der Waals surface area contributed by atoms with Crippen LogP contribution >= 0.6 is 0 Å². The van der Waals surface area contributed by atoms with E-state index in [4.69, 9.17) is 0 Å². The maximum Gasteiger partial charge on any atom is 0.283 e. The molecule has 1 aromatic heterocycles. The molecule has 6 nitrogen and oxygen atoms in total. The molecule has 4 fully saturated rings. The molecule has 0 spiro atoms. The molecule has 11 heteroatoms. The molecule has 0 radical (unpaired) electrons. The number of halogens is 4. The fourth-order valence-electron chi connectivity index (χ4n) is 5.51. The first-order valence-corrected chi connectivity index (χ1v) is 13.2. The fourth-order valence-corrected chi connectivity index (χ4v) is 6.39. The summed E-state index contributed by atoms with van der Waals surface area (Å²) in [6, 6.07) is 4.62. The third-order valence-electron chi connectivity index (χ3n) is 7.44. The summed E-state index contributed by atoms with van der Waals surface area (Å²) in [5.41, 5.74) is 0.0806. The number of hydrogen-bond donors (Lipinski definition) is 1. The second-order valence-corrected chi connectivity index (χ2v) is 11.9. The van der Waals surface area contributed by atoms with Crippen molar-refractivity contribution in [1.29, 1.82) is 0 Å². The molecule has 2 atom stereocenters. The topological polar surface area (TPSA) is 79.4 Å². The van der Waals surface area contributed by atoms with E-state index in [2.05, 4.69) is 9.71 Å². The van der Waals surface area contributed by atoms with Crippen molar-refractivity contribution < 1.29 is 30.8 Å². The normalized spacial score (nSPS) is 28.9. The summed E-state index contributed by atoms with van der Waals surface area (Å²) in [4.78, 5) is 18.8. The Hall–Kier alpha value is -2.53. The number of likely N-dealkylation sites (tertiary alicyclic amines) is 1. The Morgan fingerprint density at radius 2 is 1.80 bits per heavy atom. The van der Waals surface area contributed by atoms with E-state index in [1.807, 2.05) is 0 Å². The Kier molecular flexibility index (Phi) is 5.71. The Morgan fingerprint density at radius 1 is 1.14 bits per heavy atom. The van der Waals surface area contributed by atoms with E-state index in [0.29, 0.717) is 30.9 Å². The second kappa shape index (κ2) is 8.26. The average molecular weight is 512 g/mol. The Balaban J connectivity index is 1.49. The first-order valence-electron chi connectivity index (χ1n) is 11.5. The van der Waals surface area contributed by atoms with Crippen LogP contribution in [0.2, 0.25) is 0 Å². The fraction of sp³-hybridized carbons (Fsp3) is 0.500. The maximum atomic E-state index is 15.2. The highest BCUT2D eigenvalue weighted by Gasteiger charge is 2.66. The largest absolute Gasteiger partial charge is 0.331 e. The predicted molar refractivity (Wildman–Crippen MR) is 120 cm³/mol. The summed E-state index contributed by atoms with van der Waals surface area (Å²) in [7, 11) is -4.00. The van der Waals surface area contributed by atoms with Crippen molar-refractivity contribution in [2.75, 3.05) is 12.3 Å². The summed E-state index contributed by atoms with van der Waals surface area (Å²) < 4.78 is 84.4. The van der Waals surface area contributed by atoms with Crippen molar-refractivity contribution >= 4 is 15.9 Å². The number of pyridine rings is 1. The van der Waals surface area contributed by atoms with Crippen LogP contribution in [0.15, 0.2) is 36.4 Å². The summed E-state index contributed by atoms with van der Waals surface area (Å²) in [5, 5.41) is 0. The van der Waals surface area contributed by atoms with Crippen LogP contribution < -0.4 is 4.72 Å².